The SMILES string of the molecule is [CH2]c1sc(COC)nc1C. The van der Waals surface area contributed by atoms with Crippen molar-refractivity contribution in [1.29, 1.82) is 0 Å². The maximum Gasteiger partial charge on any atom is 0.119 e. The molecule has 0 bridgehead atoms. The van der Waals surface area contributed by atoms with Crippen LogP contribution in [0.3, 0.4) is 0 Å². The maximum atomic E-state index is 4.92. The lowest BCUT2D eigenvalue weighted by molar-refractivity contribution is 0.184. The van der Waals surface area contributed by atoms with Crippen LogP contribution in [0.2, 0.25) is 0 Å². The Labute approximate surface area is 64.9 Å². The van der Waals surface area contributed by atoms with E-state index in [-0.39, 0.29) is 0 Å². The number of methoxy groups -OCH3 is 1. The van der Waals surface area contributed by atoms with Gasteiger partial charge in [-0.25, -0.2) is 4.98 Å². The topological polar surface area (TPSA) is 22.1 Å². The van der Waals surface area contributed by atoms with E-state index in [1.54, 1.807) is 18.4 Å². The summed E-state index contributed by atoms with van der Waals surface area (Å²) in [6, 6.07) is 0. The molecule has 55 valence electrons. The molecular formula is C7H10NOS. The first-order valence-corrected chi connectivity index (χ1v) is 3.83. The minimum Gasteiger partial charge on any atom is -0.378 e. The molecule has 0 saturated heterocycles. The van der Waals surface area contributed by atoms with Gasteiger partial charge in [-0.3, -0.25) is 0 Å². The first-order chi connectivity index (χ1) is 4.74. The van der Waals surface area contributed by atoms with E-state index in [1.165, 1.54) is 0 Å². The minimum absolute atomic E-state index is 0.598. The standard InChI is InChI=1S/C7H10NOS/c1-5-6(2)10-7(8-5)4-9-3/h2,4H2,1,3H3. The van der Waals surface area contributed by atoms with Crippen molar-refractivity contribution in [3.05, 3.63) is 22.5 Å². The van der Waals surface area contributed by atoms with Crippen LogP contribution in [0.25, 0.3) is 0 Å². The van der Waals surface area contributed by atoms with E-state index in [4.69, 9.17) is 4.74 Å². The first-order valence-electron chi connectivity index (χ1n) is 3.01. The third-order valence-electron chi connectivity index (χ3n) is 1.20. The summed E-state index contributed by atoms with van der Waals surface area (Å²) >= 11 is 1.59. The van der Waals surface area contributed by atoms with Gasteiger partial charge in [0.2, 0.25) is 0 Å². The average molecular weight is 156 g/mol. The smallest absolute Gasteiger partial charge is 0.119 e. The summed E-state index contributed by atoms with van der Waals surface area (Å²) in [5, 5.41) is 1.00. The van der Waals surface area contributed by atoms with E-state index in [0.717, 1.165) is 15.6 Å². The van der Waals surface area contributed by atoms with Gasteiger partial charge in [0.05, 0.1) is 12.3 Å². The van der Waals surface area contributed by atoms with E-state index in [9.17, 15) is 0 Å². The zero-order valence-corrected chi connectivity index (χ0v) is 6.99. The molecule has 0 N–H and O–H groups in total. The molecule has 0 unspecified atom stereocenters. The molecule has 0 atom stereocenters. The Kier molecular flexibility index (Phi) is 2.40. The second kappa shape index (κ2) is 3.12. The lowest BCUT2D eigenvalue weighted by atomic mass is 10.4. The fraction of sp³-hybridized carbons (Fsp3) is 0.429. The van der Waals surface area contributed by atoms with Crippen LogP contribution in [0, 0.1) is 13.8 Å². The molecule has 0 fully saturated rings. The van der Waals surface area contributed by atoms with Crippen molar-refractivity contribution in [1.82, 2.24) is 4.98 Å². The lowest BCUT2D eigenvalue weighted by Crippen LogP contribution is -1.84. The number of hydrogen-bond donors (Lipinski definition) is 0. The molecule has 10 heavy (non-hydrogen) atoms. The van der Waals surface area contributed by atoms with E-state index in [0.29, 0.717) is 6.61 Å². The summed E-state index contributed by atoms with van der Waals surface area (Å²) in [6.07, 6.45) is 0. The molecule has 0 amide bonds. The van der Waals surface area contributed by atoms with Crippen molar-refractivity contribution in [2.24, 2.45) is 0 Å². The summed E-state index contributed by atoms with van der Waals surface area (Å²) < 4.78 is 4.92. The summed E-state index contributed by atoms with van der Waals surface area (Å²) in [6.45, 7) is 6.38. The molecule has 0 aliphatic rings. The molecule has 1 aromatic rings. The molecule has 0 spiro atoms. The van der Waals surface area contributed by atoms with Gasteiger partial charge in [0.1, 0.15) is 5.01 Å². The fourth-order valence-corrected chi connectivity index (χ4v) is 1.51. The Morgan fingerprint density at radius 3 is 2.80 bits per heavy atom. The highest BCUT2D eigenvalue weighted by molar-refractivity contribution is 7.11. The van der Waals surface area contributed by atoms with Crippen molar-refractivity contribution >= 4 is 11.3 Å². The van der Waals surface area contributed by atoms with Crippen LogP contribution in [0.4, 0.5) is 0 Å². The van der Waals surface area contributed by atoms with E-state index < -0.39 is 0 Å². The monoisotopic (exact) mass is 156 g/mol. The number of hydrogen-bond acceptors (Lipinski definition) is 3. The summed E-state index contributed by atoms with van der Waals surface area (Å²) in [5.74, 6) is 0. The Morgan fingerprint density at radius 1 is 1.70 bits per heavy atom. The molecular weight excluding hydrogens is 146 g/mol. The molecule has 1 aromatic heterocycles. The summed E-state index contributed by atoms with van der Waals surface area (Å²) in [5.41, 5.74) is 1.01. The molecule has 1 radical (unpaired) electrons. The van der Waals surface area contributed by atoms with Crippen LogP contribution in [-0.4, -0.2) is 12.1 Å². The average Bonchev–Trinajstić information content (AvgIpc) is 2.14. The molecule has 1 rings (SSSR count). The number of rotatable bonds is 2. The van der Waals surface area contributed by atoms with E-state index >= 15 is 0 Å². The number of ether oxygens (including phenoxy) is 1. The van der Waals surface area contributed by atoms with Crippen molar-refractivity contribution < 1.29 is 4.74 Å². The van der Waals surface area contributed by atoms with Crippen molar-refractivity contribution in [3.8, 4) is 0 Å². The number of aromatic nitrogens is 1. The van der Waals surface area contributed by atoms with Crippen molar-refractivity contribution in [3.63, 3.8) is 0 Å². The zero-order valence-electron chi connectivity index (χ0n) is 6.18. The van der Waals surface area contributed by atoms with Crippen LogP contribution in [0.1, 0.15) is 15.6 Å². The van der Waals surface area contributed by atoms with Crippen molar-refractivity contribution in [2.45, 2.75) is 13.5 Å². The normalized spacial score (nSPS) is 10.3. The quantitative estimate of drug-likeness (QED) is 0.651. The Bertz CT molecular complexity index is 200. The first kappa shape index (κ1) is 7.69. The maximum absolute atomic E-state index is 4.92. The predicted octanol–water partition coefficient (Wildman–Crippen LogP) is 1.78. The molecule has 0 aliphatic heterocycles. The Hall–Kier alpha value is -0.410. The van der Waals surface area contributed by atoms with Crippen LogP contribution >= 0.6 is 11.3 Å². The molecule has 1 heterocycles. The van der Waals surface area contributed by atoms with Crippen LogP contribution in [0.5, 0.6) is 0 Å². The Balaban J connectivity index is 2.77. The highest BCUT2D eigenvalue weighted by Gasteiger charge is 2.01. The van der Waals surface area contributed by atoms with Crippen LogP contribution < -0.4 is 0 Å². The number of nitrogens with zero attached hydrogens (tertiary/aromatic N) is 1. The fourth-order valence-electron chi connectivity index (χ4n) is 0.674. The van der Waals surface area contributed by atoms with Gasteiger partial charge in [-0.15, -0.1) is 11.3 Å². The van der Waals surface area contributed by atoms with Gasteiger partial charge in [-0.1, -0.05) is 0 Å². The van der Waals surface area contributed by atoms with Crippen molar-refractivity contribution in [2.75, 3.05) is 7.11 Å². The highest BCUT2D eigenvalue weighted by atomic mass is 32.1. The molecule has 0 aliphatic carbocycles. The zero-order chi connectivity index (χ0) is 7.56. The Morgan fingerprint density at radius 2 is 2.40 bits per heavy atom. The van der Waals surface area contributed by atoms with E-state index in [2.05, 4.69) is 11.9 Å². The van der Waals surface area contributed by atoms with E-state index in [1.807, 2.05) is 6.92 Å². The molecule has 3 heteroatoms. The molecule has 0 saturated carbocycles. The van der Waals surface area contributed by atoms with Gasteiger partial charge >= 0.3 is 0 Å². The number of aryl methyl sites for hydroxylation is 1. The lowest BCUT2D eigenvalue weighted by Gasteiger charge is -1.88. The second-order valence-corrected chi connectivity index (χ2v) is 3.22. The predicted molar refractivity (Wildman–Crippen MR) is 42.0 cm³/mol. The summed E-state index contributed by atoms with van der Waals surface area (Å²) in [4.78, 5) is 5.27. The third kappa shape index (κ3) is 1.55. The minimum atomic E-state index is 0.598. The summed E-state index contributed by atoms with van der Waals surface area (Å²) in [7, 11) is 1.67. The second-order valence-electron chi connectivity index (χ2n) is 2.05. The van der Waals surface area contributed by atoms with Crippen LogP contribution in [0.15, 0.2) is 0 Å². The van der Waals surface area contributed by atoms with Crippen LogP contribution in [-0.2, 0) is 11.3 Å². The molecule has 0 aromatic carbocycles. The highest BCUT2D eigenvalue weighted by Crippen LogP contribution is 2.16. The number of thiazole rings is 1. The van der Waals surface area contributed by atoms with Gasteiger partial charge < -0.3 is 4.74 Å². The van der Waals surface area contributed by atoms with Gasteiger partial charge in [-0.2, -0.15) is 0 Å². The van der Waals surface area contributed by atoms with Gasteiger partial charge in [-0.05, 0) is 13.8 Å². The van der Waals surface area contributed by atoms with Gasteiger partial charge in [0.15, 0.2) is 0 Å². The largest absolute Gasteiger partial charge is 0.378 e. The van der Waals surface area contributed by atoms with Gasteiger partial charge in [0, 0.05) is 12.0 Å². The molecule has 2 nitrogen and oxygen atoms in total. The van der Waals surface area contributed by atoms with Gasteiger partial charge in [0.25, 0.3) is 0 Å². The third-order valence-corrected chi connectivity index (χ3v) is 2.19.